The number of aromatic nitrogens is 2. The number of carbonyl (C=O) groups is 1. The van der Waals surface area contributed by atoms with Crippen molar-refractivity contribution in [2.24, 2.45) is 5.10 Å². The summed E-state index contributed by atoms with van der Waals surface area (Å²) in [7, 11) is 0. The molecule has 1 heterocycles. The molecule has 0 aliphatic heterocycles. The van der Waals surface area contributed by atoms with Crippen molar-refractivity contribution in [3.8, 4) is 17.1 Å². The lowest BCUT2D eigenvalue weighted by atomic mass is 10.2. The summed E-state index contributed by atoms with van der Waals surface area (Å²) in [5.74, 6) is -0.0978. The molecule has 2 aromatic carbocycles. The van der Waals surface area contributed by atoms with Crippen LogP contribution in [0.5, 0.6) is 5.88 Å². The molecule has 1 aromatic heterocycles. The van der Waals surface area contributed by atoms with Gasteiger partial charge in [0.25, 0.3) is 5.91 Å². The van der Waals surface area contributed by atoms with Crippen LogP contribution in [0.3, 0.4) is 0 Å². The molecule has 3 rings (SSSR count). The molecular formula is C18H14Cl2N4O2. The van der Waals surface area contributed by atoms with Crippen molar-refractivity contribution in [3.63, 3.8) is 0 Å². The lowest BCUT2D eigenvalue weighted by molar-refractivity contribution is -0.123. The molecule has 0 aliphatic carbocycles. The Morgan fingerprint density at radius 1 is 1.19 bits per heavy atom. The van der Waals surface area contributed by atoms with Crippen LogP contribution in [0.25, 0.3) is 11.3 Å². The third-order valence-corrected chi connectivity index (χ3v) is 3.91. The summed E-state index contributed by atoms with van der Waals surface area (Å²) >= 11 is 11.8. The minimum absolute atomic E-state index is 0.217. The molecule has 0 atom stereocenters. The van der Waals surface area contributed by atoms with Gasteiger partial charge in [-0.1, -0.05) is 59.6 Å². The Balaban J connectivity index is 1.50. The highest BCUT2D eigenvalue weighted by Gasteiger charge is 2.07. The fourth-order valence-electron chi connectivity index (χ4n) is 2.09. The highest BCUT2D eigenvalue weighted by molar-refractivity contribution is 6.36. The van der Waals surface area contributed by atoms with E-state index in [-0.39, 0.29) is 6.61 Å². The van der Waals surface area contributed by atoms with Gasteiger partial charge in [0, 0.05) is 16.7 Å². The number of amides is 1. The summed E-state index contributed by atoms with van der Waals surface area (Å²) in [6.45, 7) is -0.217. The van der Waals surface area contributed by atoms with Gasteiger partial charge >= 0.3 is 0 Å². The van der Waals surface area contributed by atoms with Gasteiger partial charge in [0.1, 0.15) is 0 Å². The van der Waals surface area contributed by atoms with Crippen LogP contribution >= 0.6 is 23.2 Å². The molecule has 26 heavy (non-hydrogen) atoms. The molecule has 0 saturated carbocycles. The van der Waals surface area contributed by atoms with E-state index in [1.807, 2.05) is 30.3 Å². The number of benzene rings is 2. The zero-order chi connectivity index (χ0) is 18.4. The highest BCUT2D eigenvalue weighted by atomic mass is 35.5. The van der Waals surface area contributed by atoms with Gasteiger partial charge in [-0.2, -0.15) is 5.10 Å². The van der Waals surface area contributed by atoms with Crippen molar-refractivity contribution >= 4 is 35.3 Å². The summed E-state index contributed by atoms with van der Waals surface area (Å²) < 4.78 is 5.34. The number of ether oxygens (including phenoxy) is 1. The van der Waals surface area contributed by atoms with Crippen LogP contribution < -0.4 is 10.2 Å². The first-order chi connectivity index (χ1) is 12.6. The van der Waals surface area contributed by atoms with E-state index < -0.39 is 5.91 Å². The van der Waals surface area contributed by atoms with E-state index in [1.165, 1.54) is 6.21 Å². The molecule has 0 aliphatic rings. The van der Waals surface area contributed by atoms with Gasteiger partial charge < -0.3 is 4.74 Å². The van der Waals surface area contributed by atoms with E-state index in [0.717, 1.165) is 11.3 Å². The number of hydrogen-bond acceptors (Lipinski definition) is 4. The fourth-order valence-corrected chi connectivity index (χ4v) is 2.55. The Bertz CT molecular complexity index is 926. The number of nitrogens with zero attached hydrogens (tertiary/aromatic N) is 2. The van der Waals surface area contributed by atoms with Crippen LogP contribution in [0.2, 0.25) is 10.0 Å². The van der Waals surface area contributed by atoms with Crippen LogP contribution in [0.4, 0.5) is 0 Å². The Morgan fingerprint density at radius 2 is 2.00 bits per heavy atom. The van der Waals surface area contributed by atoms with Crippen molar-refractivity contribution in [1.29, 1.82) is 0 Å². The van der Waals surface area contributed by atoms with E-state index in [4.69, 9.17) is 27.9 Å². The average molecular weight is 389 g/mol. The first kappa shape index (κ1) is 18.0. The van der Waals surface area contributed by atoms with E-state index in [2.05, 4.69) is 20.7 Å². The summed E-state index contributed by atoms with van der Waals surface area (Å²) in [5, 5.41) is 11.7. The van der Waals surface area contributed by atoms with Crippen LogP contribution in [0, 0.1) is 0 Å². The quantitative estimate of drug-likeness (QED) is 0.496. The second-order valence-electron chi connectivity index (χ2n) is 5.23. The minimum Gasteiger partial charge on any atom is -0.466 e. The standard InChI is InChI=1S/C18H14Cl2N4O2/c19-14-7-6-13(15(20)8-14)10-21-23-17(25)11-26-18-9-16(22-24-18)12-4-2-1-3-5-12/h1-10H,11H2,(H,22,24)(H,23,25)/b21-10+. The van der Waals surface area contributed by atoms with Gasteiger partial charge in [0.05, 0.1) is 16.9 Å². The van der Waals surface area contributed by atoms with Crippen molar-refractivity contribution < 1.29 is 9.53 Å². The van der Waals surface area contributed by atoms with E-state index in [1.54, 1.807) is 24.3 Å². The normalized spacial score (nSPS) is 10.8. The summed E-state index contributed by atoms with van der Waals surface area (Å²) in [4.78, 5) is 11.8. The van der Waals surface area contributed by atoms with Gasteiger partial charge in [-0.15, -0.1) is 5.10 Å². The van der Waals surface area contributed by atoms with E-state index in [9.17, 15) is 4.79 Å². The minimum atomic E-state index is -0.421. The van der Waals surface area contributed by atoms with Crippen molar-refractivity contribution in [1.82, 2.24) is 15.6 Å². The second kappa shape index (κ2) is 8.51. The Hall–Kier alpha value is -2.83. The SMILES string of the molecule is O=C(COc1cc(-c2ccccc2)[nH]n1)N/N=C/c1ccc(Cl)cc1Cl. The van der Waals surface area contributed by atoms with Gasteiger partial charge in [-0.05, 0) is 17.7 Å². The van der Waals surface area contributed by atoms with Crippen molar-refractivity contribution in [2.45, 2.75) is 0 Å². The number of rotatable bonds is 6. The maximum Gasteiger partial charge on any atom is 0.278 e. The van der Waals surface area contributed by atoms with Crippen molar-refractivity contribution in [2.75, 3.05) is 6.61 Å². The number of hydrogen-bond donors (Lipinski definition) is 2. The average Bonchev–Trinajstić information content (AvgIpc) is 3.12. The fraction of sp³-hybridized carbons (Fsp3) is 0.0556. The molecule has 0 bridgehead atoms. The molecule has 132 valence electrons. The number of hydrazone groups is 1. The molecule has 0 fully saturated rings. The molecule has 0 unspecified atom stereocenters. The molecule has 3 aromatic rings. The molecular weight excluding hydrogens is 375 g/mol. The summed E-state index contributed by atoms with van der Waals surface area (Å²) in [6.07, 6.45) is 1.43. The highest BCUT2D eigenvalue weighted by Crippen LogP contribution is 2.20. The Morgan fingerprint density at radius 3 is 2.77 bits per heavy atom. The lowest BCUT2D eigenvalue weighted by Gasteiger charge is -2.01. The molecule has 2 N–H and O–H groups in total. The third kappa shape index (κ3) is 4.84. The van der Waals surface area contributed by atoms with Crippen molar-refractivity contribution in [3.05, 3.63) is 70.2 Å². The number of aromatic amines is 1. The number of H-pyrrole nitrogens is 1. The molecule has 1 amide bonds. The van der Waals surface area contributed by atoms with Crippen LogP contribution in [0.1, 0.15) is 5.56 Å². The zero-order valence-electron chi connectivity index (χ0n) is 13.4. The van der Waals surface area contributed by atoms with Gasteiger partial charge in [0.15, 0.2) is 6.61 Å². The maximum atomic E-state index is 11.8. The molecule has 6 nitrogen and oxygen atoms in total. The van der Waals surface area contributed by atoms with Gasteiger partial charge in [0.2, 0.25) is 5.88 Å². The largest absolute Gasteiger partial charge is 0.466 e. The third-order valence-electron chi connectivity index (χ3n) is 3.35. The molecule has 8 heteroatoms. The Labute approximate surface area is 159 Å². The smallest absolute Gasteiger partial charge is 0.278 e. The van der Waals surface area contributed by atoms with Crippen LogP contribution in [-0.4, -0.2) is 28.9 Å². The summed E-state index contributed by atoms with van der Waals surface area (Å²) in [6, 6.07) is 16.4. The van der Waals surface area contributed by atoms with E-state index >= 15 is 0 Å². The van der Waals surface area contributed by atoms with Crippen LogP contribution in [-0.2, 0) is 4.79 Å². The molecule has 0 spiro atoms. The van der Waals surface area contributed by atoms with E-state index in [0.29, 0.717) is 21.5 Å². The second-order valence-corrected chi connectivity index (χ2v) is 6.08. The monoisotopic (exact) mass is 388 g/mol. The van der Waals surface area contributed by atoms with Crippen LogP contribution in [0.15, 0.2) is 59.7 Å². The predicted octanol–water partition coefficient (Wildman–Crippen LogP) is 3.91. The van der Waals surface area contributed by atoms with Gasteiger partial charge in [-0.3, -0.25) is 9.89 Å². The Kier molecular flexibility index (Phi) is 5.88. The summed E-state index contributed by atoms with van der Waals surface area (Å²) in [5.41, 5.74) is 4.77. The topological polar surface area (TPSA) is 79.4 Å². The zero-order valence-corrected chi connectivity index (χ0v) is 15.0. The first-order valence-electron chi connectivity index (χ1n) is 7.62. The maximum absolute atomic E-state index is 11.8. The number of carbonyl (C=O) groups excluding carboxylic acids is 1. The first-order valence-corrected chi connectivity index (χ1v) is 8.38. The molecule has 0 radical (unpaired) electrons. The number of nitrogens with one attached hydrogen (secondary N) is 2. The number of halogens is 2. The predicted molar refractivity (Wildman–Crippen MR) is 102 cm³/mol. The molecule has 0 saturated heterocycles. The van der Waals surface area contributed by atoms with Gasteiger partial charge in [-0.25, -0.2) is 5.43 Å². The lowest BCUT2D eigenvalue weighted by Crippen LogP contribution is -2.24.